The largest absolute Gasteiger partial charge is 0.326 e. The van der Waals surface area contributed by atoms with E-state index in [1.54, 1.807) is 42.6 Å². The normalized spacial score (nSPS) is 10.5. The average molecular weight is 295 g/mol. The van der Waals surface area contributed by atoms with Gasteiger partial charge in [-0.15, -0.1) is 0 Å². The van der Waals surface area contributed by atoms with Crippen LogP contribution in [0.5, 0.6) is 0 Å². The maximum atomic E-state index is 11.8. The Balaban J connectivity index is 1.93. The Labute approximate surface area is 129 Å². The van der Waals surface area contributed by atoms with Crippen LogP contribution >= 0.6 is 0 Å². The van der Waals surface area contributed by atoms with Gasteiger partial charge in [-0.3, -0.25) is 9.59 Å². The number of benzene rings is 2. The first kappa shape index (κ1) is 15.4. The summed E-state index contributed by atoms with van der Waals surface area (Å²) in [5, 5.41) is 6.60. The van der Waals surface area contributed by atoms with Crippen LogP contribution in [0.15, 0.2) is 53.6 Å². The molecular weight excluding hydrogens is 278 g/mol. The Hall–Kier alpha value is -2.95. The van der Waals surface area contributed by atoms with Crippen molar-refractivity contribution < 1.29 is 9.59 Å². The van der Waals surface area contributed by atoms with Gasteiger partial charge in [-0.2, -0.15) is 5.10 Å². The maximum absolute atomic E-state index is 11.8. The molecule has 2 aromatic carbocycles. The molecule has 0 saturated heterocycles. The van der Waals surface area contributed by atoms with Crippen LogP contribution in [-0.2, 0) is 4.79 Å². The van der Waals surface area contributed by atoms with Gasteiger partial charge in [-0.1, -0.05) is 29.8 Å². The summed E-state index contributed by atoms with van der Waals surface area (Å²) in [5.41, 5.74) is 5.66. The highest BCUT2D eigenvalue weighted by Gasteiger charge is 2.02. The van der Waals surface area contributed by atoms with Crippen LogP contribution < -0.4 is 10.7 Å². The van der Waals surface area contributed by atoms with Gasteiger partial charge in [0, 0.05) is 18.2 Å². The molecule has 2 N–H and O–H groups in total. The van der Waals surface area contributed by atoms with E-state index >= 15 is 0 Å². The Bertz CT molecular complexity index is 689. The molecule has 0 aliphatic carbocycles. The van der Waals surface area contributed by atoms with E-state index in [0.717, 1.165) is 11.1 Å². The quantitative estimate of drug-likeness (QED) is 0.672. The molecule has 0 radical (unpaired) electrons. The minimum Gasteiger partial charge on any atom is -0.326 e. The molecule has 2 aromatic rings. The first-order valence-electron chi connectivity index (χ1n) is 6.82. The van der Waals surface area contributed by atoms with Gasteiger partial charge in [0.2, 0.25) is 5.91 Å². The zero-order valence-electron chi connectivity index (χ0n) is 12.5. The lowest BCUT2D eigenvalue weighted by Gasteiger charge is -2.02. The molecule has 2 rings (SSSR count). The number of rotatable bonds is 4. The minimum atomic E-state index is -0.258. The summed E-state index contributed by atoms with van der Waals surface area (Å²) in [6.07, 6.45) is 1.55. The Morgan fingerprint density at radius 3 is 2.23 bits per heavy atom. The summed E-state index contributed by atoms with van der Waals surface area (Å²) in [6, 6.07) is 14.4. The van der Waals surface area contributed by atoms with Crippen molar-refractivity contribution in [2.24, 2.45) is 5.10 Å². The molecule has 0 aliphatic heterocycles. The lowest BCUT2D eigenvalue weighted by atomic mass is 10.1. The van der Waals surface area contributed by atoms with E-state index < -0.39 is 0 Å². The molecule has 0 atom stereocenters. The van der Waals surface area contributed by atoms with Gasteiger partial charge >= 0.3 is 0 Å². The standard InChI is InChI=1S/C17H17N3O2/c1-12-3-7-15(8-4-12)17(22)20-18-11-14-5-9-16(10-6-14)19-13(2)21/h3-11H,1-2H3,(H,19,21)(H,20,22). The highest BCUT2D eigenvalue weighted by molar-refractivity contribution is 5.95. The topological polar surface area (TPSA) is 70.6 Å². The Kier molecular flexibility index (Phi) is 5.03. The van der Waals surface area contributed by atoms with Crippen molar-refractivity contribution in [1.29, 1.82) is 0 Å². The Morgan fingerprint density at radius 1 is 1.00 bits per heavy atom. The second-order valence-corrected chi connectivity index (χ2v) is 4.87. The van der Waals surface area contributed by atoms with Gasteiger partial charge in [0.05, 0.1) is 6.21 Å². The molecule has 2 amide bonds. The number of aryl methyl sites for hydroxylation is 1. The molecule has 0 heterocycles. The maximum Gasteiger partial charge on any atom is 0.271 e. The molecule has 0 fully saturated rings. The van der Waals surface area contributed by atoms with E-state index in [1.807, 2.05) is 19.1 Å². The summed E-state index contributed by atoms with van der Waals surface area (Å²) >= 11 is 0. The van der Waals surface area contributed by atoms with E-state index in [4.69, 9.17) is 0 Å². The van der Waals surface area contributed by atoms with Gasteiger partial charge in [0.1, 0.15) is 0 Å². The lowest BCUT2D eigenvalue weighted by Crippen LogP contribution is -2.17. The van der Waals surface area contributed by atoms with Crippen molar-refractivity contribution >= 4 is 23.7 Å². The van der Waals surface area contributed by atoms with Crippen molar-refractivity contribution in [3.05, 3.63) is 65.2 Å². The number of carbonyl (C=O) groups excluding carboxylic acids is 2. The van der Waals surface area contributed by atoms with Crippen molar-refractivity contribution in [2.75, 3.05) is 5.32 Å². The molecule has 0 aliphatic rings. The number of hydrogen-bond acceptors (Lipinski definition) is 3. The lowest BCUT2D eigenvalue weighted by molar-refractivity contribution is -0.114. The predicted molar refractivity (Wildman–Crippen MR) is 87.0 cm³/mol. The number of nitrogens with zero attached hydrogens (tertiary/aromatic N) is 1. The summed E-state index contributed by atoms with van der Waals surface area (Å²) in [4.78, 5) is 22.8. The zero-order chi connectivity index (χ0) is 15.9. The summed E-state index contributed by atoms with van der Waals surface area (Å²) in [5.74, 6) is -0.377. The van der Waals surface area contributed by atoms with Crippen LogP contribution in [0.25, 0.3) is 0 Å². The van der Waals surface area contributed by atoms with Crippen LogP contribution in [0.2, 0.25) is 0 Å². The highest BCUT2D eigenvalue weighted by atomic mass is 16.2. The fourth-order valence-electron chi connectivity index (χ4n) is 1.79. The Morgan fingerprint density at radius 2 is 1.64 bits per heavy atom. The fourth-order valence-corrected chi connectivity index (χ4v) is 1.79. The van der Waals surface area contributed by atoms with Gasteiger partial charge in [-0.25, -0.2) is 5.43 Å². The molecule has 112 valence electrons. The van der Waals surface area contributed by atoms with E-state index in [9.17, 15) is 9.59 Å². The van der Waals surface area contributed by atoms with Crippen molar-refractivity contribution in [2.45, 2.75) is 13.8 Å². The van der Waals surface area contributed by atoms with Crippen LogP contribution in [0.4, 0.5) is 5.69 Å². The van der Waals surface area contributed by atoms with E-state index in [0.29, 0.717) is 11.3 Å². The molecule has 5 heteroatoms. The number of nitrogens with one attached hydrogen (secondary N) is 2. The molecule has 0 unspecified atom stereocenters. The van der Waals surface area contributed by atoms with Crippen molar-refractivity contribution in [3.8, 4) is 0 Å². The molecule has 22 heavy (non-hydrogen) atoms. The van der Waals surface area contributed by atoms with Crippen LogP contribution in [-0.4, -0.2) is 18.0 Å². The van der Waals surface area contributed by atoms with Gasteiger partial charge in [0.15, 0.2) is 0 Å². The van der Waals surface area contributed by atoms with E-state index in [2.05, 4.69) is 15.8 Å². The molecule has 5 nitrogen and oxygen atoms in total. The molecule has 0 bridgehead atoms. The minimum absolute atomic E-state index is 0.119. The fraction of sp³-hybridized carbons (Fsp3) is 0.118. The van der Waals surface area contributed by atoms with Gasteiger partial charge < -0.3 is 5.32 Å². The summed E-state index contributed by atoms with van der Waals surface area (Å²) in [7, 11) is 0. The third-order valence-corrected chi connectivity index (χ3v) is 2.92. The van der Waals surface area contributed by atoms with E-state index in [1.165, 1.54) is 6.92 Å². The first-order chi connectivity index (χ1) is 10.5. The second-order valence-electron chi connectivity index (χ2n) is 4.87. The highest BCUT2D eigenvalue weighted by Crippen LogP contribution is 2.08. The molecule has 0 aromatic heterocycles. The monoisotopic (exact) mass is 295 g/mol. The molecule has 0 spiro atoms. The SMILES string of the molecule is CC(=O)Nc1ccc(C=NNC(=O)c2ccc(C)cc2)cc1. The molecule has 0 saturated carbocycles. The number of hydrogen-bond donors (Lipinski definition) is 2. The number of amides is 2. The smallest absolute Gasteiger partial charge is 0.271 e. The van der Waals surface area contributed by atoms with Crippen molar-refractivity contribution in [1.82, 2.24) is 5.43 Å². The van der Waals surface area contributed by atoms with Gasteiger partial charge in [-0.05, 0) is 36.8 Å². The van der Waals surface area contributed by atoms with Crippen LogP contribution in [0.3, 0.4) is 0 Å². The third-order valence-electron chi connectivity index (χ3n) is 2.92. The molecular formula is C17H17N3O2. The van der Waals surface area contributed by atoms with Gasteiger partial charge in [0.25, 0.3) is 5.91 Å². The van der Waals surface area contributed by atoms with Crippen LogP contribution in [0.1, 0.15) is 28.4 Å². The number of anilines is 1. The third kappa shape index (κ3) is 4.56. The number of hydrazone groups is 1. The average Bonchev–Trinajstić information content (AvgIpc) is 2.49. The van der Waals surface area contributed by atoms with Crippen molar-refractivity contribution in [3.63, 3.8) is 0 Å². The predicted octanol–water partition coefficient (Wildman–Crippen LogP) is 2.72. The summed E-state index contributed by atoms with van der Waals surface area (Å²) < 4.78 is 0. The zero-order valence-corrected chi connectivity index (χ0v) is 12.5. The number of carbonyl (C=O) groups is 2. The van der Waals surface area contributed by atoms with E-state index in [-0.39, 0.29) is 11.8 Å². The van der Waals surface area contributed by atoms with Crippen LogP contribution in [0, 0.1) is 6.92 Å². The summed E-state index contributed by atoms with van der Waals surface area (Å²) in [6.45, 7) is 3.42. The first-order valence-corrected chi connectivity index (χ1v) is 6.82. The second kappa shape index (κ2) is 7.17.